The molecule has 1 heterocycles. The van der Waals surface area contributed by atoms with Crippen molar-refractivity contribution in [2.75, 3.05) is 19.6 Å². The quantitative estimate of drug-likeness (QED) is 0.738. The number of fused-ring (bicyclic) bond motifs is 1. The molecular weight excluding hydrogens is 289 g/mol. The SMILES string of the molecule is CCN(CC)CC(C)n1c(C(C)Cl)nc2ccc(F)cc21. The highest BCUT2D eigenvalue weighted by atomic mass is 35.5. The van der Waals surface area contributed by atoms with Crippen molar-refractivity contribution >= 4 is 22.6 Å². The van der Waals surface area contributed by atoms with Gasteiger partial charge in [-0.15, -0.1) is 11.6 Å². The van der Waals surface area contributed by atoms with Gasteiger partial charge in [0.05, 0.1) is 16.4 Å². The molecule has 1 aromatic carbocycles. The zero-order valence-corrected chi connectivity index (χ0v) is 13.9. The van der Waals surface area contributed by atoms with E-state index in [1.807, 2.05) is 6.92 Å². The summed E-state index contributed by atoms with van der Waals surface area (Å²) in [5, 5.41) is -0.209. The molecular formula is C16H23ClFN3. The molecule has 0 fully saturated rings. The van der Waals surface area contributed by atoms with Crippen LogP contribution in [0, 0.1) is 5.82 Å². The lowest BCUT2D eigenvalue weighted by Gasteiger charge is -2.25. The highest BCUT2D eigenvalue weighted by Crippen LogP contribution is 2.28. The normalized spacial score (nSPS) is 14.8. The van der Waals surface area contributed by atoms with Crippen molar-refractivity contribution in [3.63, 3.8) is 0 Å². The van der Waals surface area contributed by atoms with Gasteiger partial charge in [0.15, 0.2) is 0 Å². The largest absolute Gasteiger partial charge is 0.323 e. The van der Waals surface area contributed by atoms with E-state index in [1.165, 1.54) is 6.07 Å². The number of likely N-dealkylation sites (N-methyl/N-ethyl adjacent to an activating group) is 1. The minimum absolute atomic E-state index is 0.188. The molecule has 0 aliphatic rings. The number of imidazole rings is 1. The molecule has 0 bridgehead atoms. The third-order valence-corrected chi connectivity index (χ3v) is 4.09. The summed E-state index contributed by atoms with van der Waals surface area (Å²) in [6.45, 7) is 11.2. The maximum atomic E-state index is 13.6. The molecule has 2 aromatic rings. The predicted molar refractivity (Wildman–Crippen MR) is 86.5 cm³/mol. The average Bonchev–Trinajstić information content (AvgIpc) is 2.83. The topological polar surface area (TPSA) is 21.1 Å². The van der Waals surface area contributed by atoms with Crippen LogP contribution in [0.3, 0.4) is 0 Å². The molecule has 2 rings (SSSR count). The van der Waals surface area contributed by atoms with E-state index in [0.717, 1.165) is 36.5 Å². The van der Waals surface area contributed by atoms with Gasteiger partial charge in [-0.05, 0) is 45.1 Å². The van der Waals surface area contributed by atoms with Crippen LogP contribution in [0.5, 0.6) is 0 Å². The summed E-state index contributed by atoms with van der Waals surface area (Å²) < 4.78 is 15.7. The number of benzene rings is 1. The van der Waals surface area contributed by atoms with Crippen molar-refractivity contribution in [3.8, 4) is 0 Å². The van der Waals surface area contributed by atoms with Crippen LogP contribution in [0.25, 0.3) is 11.0 Å². The van der Waals surface area contributed by atoms with Crippen LogP contribution >= 0.6 is 11.6 Å². The molecule has 0 N–H and O–H groups in total. The van der Waals surface area contributed by atoms with E-state index in [0.29, 0.717) is 0 Å². The van der Waals surface area contributed by atoms with Crippen LogP contribution in [0.2, 0.25) is 0 Å². The number of alkyl halides is 1. The van der Waals surface area contributed by atoms with Crippen LogP contribution in [0.15, 0.2) is 18.2 Å². The minimum atomic E-state index is -0.243. The van der Waals surface area contributed by atoms with Crippen molar-refractivity contribution in [2.24, 2.45) is 0 Å². The van der Waals surface area contributed by atoms with Crippen LogP contribution in [-0.4, -0.2) is 34.1 Å². The molecule has 0 saturated heterocycles. The molecule has 0 amide bonds. The van der Waals surface area contributed by atoms with E-state index in [-0.39, 0.29) is 17.2 Å². The Kier molecular flexibility index (Phi) is 5.22. The van der Waals surface area contributed by atoms with E-state index in [2.05, 4.69) is 35.2 Å². The smallest absolute Gasteiger partial charge is 0.128 e. The standard InChI is InChI=1S/C16H23ClFN3/c1-5-20(6-2)10-11(3)21-15-9-13(18)7-8-14(15)19-16(21)12(4)17/h7-9,11-12H,5-6,10H2,1-4H3. The van der Waals surface area contributed by atoms with Gasteiger partial charge in [0.2, 0.25) is 0 Å². The van der Waals surface area contributed by atoms with E-state index in [4.69, 9.17) is 11.6 Å². The summed E-state index contributed by atoms with van der Waals surface area (Å²) in [5.74, 6) is 0.560. The number of rotatable bonds is 6. The number of hydrogen-bond acceptors (Lipinski definition) is 2. The first kappa shape index (κ1) is 16.2. The second kappa shape index (κ2) is 6.75. The first-order valence-electron chi connectivity index (χ1n) is 7.51. The van der Waals surface area contributed by atoms with Crippen molar-refractivity contribution in [1.82, 2.24) is 14.5 Å². The number of aromatic nitrogens is 2. The number of nitrogens with zero attached hydrogens (tertiary/aromatic N) is 3. The van der Waals surface area contributed by atoms with Gasteiger partial charge in [0, 0.05) is 12.6 Å². The summed E-state index contributed by atoms with van der Waals surface area (Å²) in [7, 11) is 0. The molecule has 21 heavy (non-hydrogen) atoms. The van der Waals surface area contributed by atoms with Crippen LogP contribution < -0.4 is 0 Å². The molecule has 0 radical (unpaired) electrons. The molecule has 1 aromatic heterocycles. The van der Waals surface area contributed by atoms with Crippen LogP contribution in [0.4, 0.5) is 4.39 Å². The fourth-order valence-corrected chi connectivity index (χ4v) is 2.92. The Bertz CT molecular complexity index is 605. The molecule has 2 unspecified atom stereocenters. The zero-order chi connectivity index (χ0) is 15.6. The lowest BCUT2D eigenvalue weighted by atomic mass is 10.2. The van der Waals surface area contributed by atoms with Gasteiger partial charge in [0.25, 0.3) is 0 Å². The summed E-state index contributed by atoms with van der Waals surface area (Å²) in [6, 6.07) is 4.89. The van der Waals surface area contributed by atoms with Crippen molar-refractivity contribution in [2.45, 2.75) is 39.1 Å². The van der Waals surface area contributed by atoms with E-state index in [1.54, 1.807) is 12.1 Å². The van der Waals surface area contributed by atoms with Gasteiger partial charge in [-0.3, -0.25) is 0 Å². The Labute approximate surface area is 130 Å². The molecule has 116 valence electrons. The van der Waals surface area contributed by atoms with Gasteiger partial charge in [-0.25, -0.2) is 9.37 Å². The Morgan fingerprint density at radius 3 is 2.52 bits per heavy atom. The monoisotopic (exact) mass is 311 g/mol. The average molecular weight is 312 g/mol. The Morgan fingerprint density at radius 1 is 1.29 bits per heavy atom. The minimum Gasteiger partial charge on any atom is -0.323 e. The fourth-order valence-electron chi connectivity index (χ4n) is 2.77. The summed E-state index contributed by atoms with van der Waals surface area (Å²) in [4.78, 5) is 6.92. The third kappa shape index (κ3) is 3.38. The first-order valence-corrected chi connectivity index (χ1v) is 7.95. The molecule has 2 atom stereocenters. The molecule has 0 spiro atoms. The molecule has 3 nitrogen and oxygen atoms in total. The lowest BCUT2D eigenvalue weighted by molar-refractivity contribution is 0.261. The second-order valence-corrected chi connectivity index (χ2v) is 6.08. The van der Waals surface area contributed by atoms with Gasteiger partial charge < -0.3 is 9.47 Å². The van der Waals surface area contributed by atoms with Gasteiger partial charge in [0.1, 0.15) is 11.6 Å². The van der Waals surface area contributed by atoms with Crippen LogP contribution in [-0.2, 0) is 0 Å². The Balaban J connectivity index is 2.48. The first-order chi connectivity index (χ1) is 9.97. The molecule has 0 aliphatic heterocycles. The summed E-state index contributed by atoms with van der Waals surface area (Å²) in [5.41, 5.74) is 1.61. The van der Waals surface area contributed by atoms with Crippen molar-refractivity contribution in [3.05, 3.63) is 29.8 Å². The summed E-state index contributed by atoms with van der Waals surface area (Å²) in [6.07, 6.45) is 0. The van der Waals surface area contributed by atoms with Gasteiger partial charge in [-0.1, -0.05) is 13.8 Å². The van der Waals surface area contributed by atoms with E-state index < -0.39 is 0 Å². The Hall–Kier alpha value is -1.13. The van der Waals surface area contributed by atoms with Gasteiger partial charge in [-0.2, -0.15) is 0 Å². The highest BCUT2D eigenvalue weighted by Gasteiger charge is 2.20. The van der Waals surface area contributed by atoms with Crippen molar-refractivity contribution < 1.29 is 4.39 Å². The summed E-state index contributed by atoms with van der Waals surface area (Å²) >= 11 is 6.28. The molecule has 0 saturated carbocycles. The Morgan fingerprint density at radius 2 is 1.95 bits per heavy atom. The number of halogens is 2. The van der Waals surface area contributed by atoms with E-state index >= 15 is 0 Å². The third-order valence-electron chi connectivity index (χ3n) is 3.89. The maximum absolute atomic E-state index is 13.6. The molecule has 0 aliphatic carbocycles. The predicted octanol–water partition coefficient (Wildman–Crippen LogP) is 4.38. The fraction of sp³-hybridized carbons (Fsp3) is 0.562. The highest BCUT2D eigenvalue weighted by molar-refractivity contribution is 6.20. The lowest BCUT2D eigenvalue weighted by Crippen LogP contribution is -2.30. The number of hydrogen-bond donors (Lipinski definition) is 0. The van der Waals surface area contributed by atoms with E-state index in [9.17, 15) is 4.39 Å². The van der Waals surface area contributed by atoms with Crippen LogP contribution in [0.1, 0.15) is 44.9 Å². The van der Waals surface area contributed by atoms with Gasteiger partial charge >= 0.3 is 0 Å². The van der Waals surface area contributed by atoms with Crippen molar-refractivity contribution in [1.29, 1.82) is 0 Å². The maximum Gasteiger partial charge on any atom is 0.128 e. The second-order valence-electron chi connectivity index (χ2n) is 5.42. The zero-order valence-electron chi connectivity index (χ0n) is 13.1. The molecule has 5 heteroatoms.